The number of nitrogens with two attached hydrogens (primary N) is 1. The van der Waals surface area contributed by atoms with Gasteiger partial charge in [0.15, 0.2) is 11.6 Å². The van der Waals surface area contributed by atoms with Gasteiger partial charge in [0.2, 0.25) is 0 Å². The third-order valence-corrected chi connectivity index (χ3v) is 2.55. The molecule has 94 valence electrons. The summed E-state index contributed by atoms with van der Waals surface area (Å²) in [5, 5.41) is 11.2. The largest absolute Gasteiger partial charge is 0.384 e. The van der Waals surface area contributed by atoms with Crippen molar-refractivity contribution >= 4 is 5.84 Å². The lowest BCUT2D eigenvalue weighted by atomic mass is 10.1. The molecular formula is C12H12F2N4. The van der Waals surface area contributed by atoms with Crippen molar-refractivity contribution in [2.24, 2.45) is 5.73 Å². The van der Waals surface area contributed by atoms with E-state index in [-0.39, 0.29) is 17.1 Å². The average Bonchev–Trinajstić information content (AvgIpc) is 2.56. The minimum absolute atomic E-state index is 0.00952. The Labute approximate surface area is 103 Å². The molecule has 0 unspecified atom stereocenters. The highest BCUT2D eigenvalue weighted by Crippen LogP contribution is 2.21. The molecule has 2 rings (SSSR count). The number of hydrogen-bond acceptors (Lipinski definition) is 2. The number of nitrogens with zero attached hydrogens (tertiary/aromatic N) is 2. The van der Waals surface area contributed by atoms with Crippen LogP contribution in [0.4, 0.5) is 8.78 Å². The average molecular weight is 250 g/mol. The molecule has 2 aromatic rings. The maximum absolute atomic E-state index is 13.9. The zero-order chi connectivity index (χ0) is 13.4. The van der Waals surface area contributed by atoms with Crippen LogP contribution in [0.1, 0.15) is 17.0 Å². The summed E-state index contributed by atoms with van der Waals surface area (Å²) in [6.45, 7) is 3.45. The van der Waals surface area contributed by atoms with Gasteiger partial charge in [0.05, 0.1) is 5.69 Å². The summed E-state index contributed by atoms with van der Waals surface area (Å²) >= 11 is 0. The van der Waals surface area contributed by atoms with Gasteiger partial charge in [-0.25, -0.2) is 13.5 Å². The fourth-order valence-corrected chi connectivity index (χ4v) is 1.78. The van der Waals surface area contributed by atoms with Crippen molar-refractivity contribution < 1.29 is 8.78 Å². The predicted molar refractivity (Wildman–Crippen MR) is 64.0 cm³/mol. The summed E-state index contributed by atoms with van der Waals surface area (Å²) in [7, 11) is 0. The van der Waals surface area contributed by atoms with Gasteiger partial charge in [-0.1, -0.05) is 0 Å². The van der Waals surface area contributed by atoms with E-state index in [2.05, 4.69) is 5.10 Å². The van der Waals surface area contributed by atoms with Crippen LogP contribution in [0.25, 0.3) is 5.69 Å². The summed E-state index contributed by atoms with van der Waals surface area (Å²) in [6, 6.07) is 3.77. The molecule has 0 saturated heterocycles. The van der Waals surface area contributed by atoms with Gasteiger partial charge < -0.3 is 5.73 Å². The van der Waals surface area contributed by atoms with Gasteiger partial charge in [-0.15, -0.1) is 0 Å². The van der Waals surface area contributed by atoms with E-state index in [1.165, 1.54) is 4.68 Å². The first-order valence-corrected chi connectivity index (χ1v) is 5.27. The molecule has 0 saturated carbocycles. The Kier molecular flexibility index (Phi) is 2.86. The summed E-state index contributed by atoms with van der Waals surface area (Å²) < 4.78 is 29.0. The number of halogens is 2. The molecule has 0 fully saturated rings. The number of nitrogen functional groups attached to an aromatic ring is 1. The van der Waals surface area contributed by atoms with Crippen molar-refractivity contribution in [3.05, 3.63) is 46.8 Å². The quantitative estimate of drug-likeness (QED) is 0.632. The molecule has 6 heteroatoms. The number of aryl methyl sites for hydroxylation is 2. The van der Waals surface area contributed by atoms with Crippen molar-refractivity contribution in [3.63, 3.8) is 0 Å². The Morgan fingerprint density at radius 2 is 1.78 bits per heavy atom. The van der Waals surface area contributed by atoms with E-state index in [0.29, 0.717) is 11.4 Å². The van der Waals surface area contributed by atoms with Crippen LogP contribution < -0.4 is 5.73 Å². The normalized spacial score (nSPS) is 10.7. The molecule has 0 amide bonds. The van der Waals surface area contributed by atoms with Crippen LogP contribution in [0.15, 0.2) is 18.2 Å². The Morgan fingerprint density at radius 3 is 2.17 bits per heavy atom. The molecule has 3 N–H and O–H groups in total. The summed E-state index contributed by atoms with van der Waals surface area (Å²) in [4.78, 5) is 0. The van der Waals surface area contributed by atoms with Crippen LogP contribution in [0.3, 0.4) is 0 Å². The van der Waals surface area contributed by atoms with Gasteiger partial charge in [0.1, 0.15) is 11.5 Å². The molecule has 0 aliphatic rings. The lowest BCUT2D eigenvalue weighted by molar-refractivity contribution is 0.556. The van der Waals surface area contributed by atoms with Crippen LogP contribution in [-0.4, -0.2) is 15.6 Å². The number of nitrogens with one attached hydrogen (secondary N) is 1. The minimum atomic E-state index is -0.800. The highest BCUT2D eigenvalue weighted by atomic mass is 19.1. The fraction of sp³-hybridized carbons (Fsp3) is 0.167. The first-order chi connectivity index (χ1) is 8.40. The molecule has 4 nitrogen and oxygen atoms in total. The molecule has 0 aliphatic heterocycles. The number of benzene rings is 1. The van der Waals surface area contributed by atoms with Gasteiger partial charge in [-0.2, -0.15) is 5.10 Å². The van der Waals surface area contributed by atoms with Gasteiger partial charge in [0, 0.05) is 11.3 Å². The molecule has 0 radical (unpaired) electrons. The Balaban J connectivity index is 2.66. The molecule has 1 heterocycles. The zero-order valence-corrected chi connectivity index (χ0v) is 9.96. The molecule has 0 bridgehead atoms. The van der Waals surface area contributed by atoms with E-state index in [4.69, 9.17) is 11.1 Å². The van der Waals surface area contributed by atoms with E-state index < -0.39 is 11.6 Å². The maximum atomic E-state index is 13.9. The van der Waals surface area contributed by atoms with Crippen molar-refractivity contribution in [1.82, 2.24) is 9.78 Å². The van der Waals surface area contributed by atoms with Gasteiger partial charge in [-0.05, 0) is 32.0 Å². The molecule has 0 aliphatic carbocycles. The topological polar surface area (TPSA) is 67.7 Å². The first-order valence-electron chi connectivity index (χ1n) is 5.27. The van der Waals surface area contributed by atoms with Crippen LogP contribution in [0, 0.1) is 30.9 Å². The lowest BCUT2D eigenvalue weighted by Crippen LogP contribution is -2.14. The molecule has 0 spiro atoms. The second-order valence-electron chi connectivity index (χ2n) is 4.04. The number of aromatic nitrogens is 2. The molecule has 0 atom stereocenters. The van der Waals surface area contributed by atoms with Crippen molar-refractivity contribution in [1.29, 1.82) is 5.41 Å². The zero-order valence-electron chi connectivity index (χ0n) is 9.96. The third kappa shape index (κ3) is 1.97. The second-order valence-corrected chi connectivity index (χ2v) is 4.04. The maximum Gasteiger partial charge on any atom is 0.152 e. The highest BCUT2D eigenvalue weighted by molar-refractivity contribution is 5.95. The highest BCUT2D eigenvalue weighted by Gasteiger charge is 2.16. The summed E-state index contributed by atoms with van der Waals surface area (Å²) in [6.07, 6.45) is 0. The minimum Gasteiger partial charge on any atom is -0.384 e. The van der Waals surface area contributed by atoms with Gasteiger partial charge in [0.25, 0.3) is 0 Å². The van der Waals surface area contributed by atoms with Crippen LogP contribution in [0.2, 0.25) is 0 Å². The van der Waals surface area contributed by atoms with E-state index in [0.717, 1.165) is 12.1 Å². The lowest BCUT2D eigenvalue weighted by Gasteiger charge is -2.09. The van der Waals surface area contributed by atoms with E-state index in [1.54, 1.807) is 19.9 Å². The predicted octanol–water partition coefficient (Wildman–Crippen LogP) is 2.05. The first kappa shape index (κ1) is 12.2. The molecule has 18 heavy (non-hydrogen) atoms. The van der Waals surface area contributed by atoms with E-state index in [9.17, 15) is 8.78 Å². The smallest absolute Gasteiger partial charge is 0.152 e. The third-order valence-electron chi connectivity index (χ3n) is 2.55. The molecule has 1 aromatic heterocycles. The SMILES string of the molecule is Cc1cc(C)n(-c2c(F)cc(C(=N)N)cc2F)n1. The monoisotopic (exact) mass is 250 g/mol. The van der Waals surface area contributed by atoms with Crippen LogP contribution >= 0.6 is 0 Å². The number of hydrogen-bond donors (Lipinski definition) is 2. The number of rotatable bonds is 2. The van der Waals surface area contributed by atoms with Crippen molar-refractivity contribution in [3.8, 4) is 5.69 Å². The summed E-state index contributed by atoms with van der Waals surface area (Å²) in [5.74, 6) is -1.98. The van der Waals surface area contributed by atoms with Crippen molar-refractivity contribution in [2.75, 3.05) is 0 Å². The Hall–Kier alpha value is -2.24. The Morgan fingerprint density at radius 1 is 1.22 bits per heavy atom. The Bertz CT molecular complexity index is 608. The van der Waals surface area contributed by atoms with E-state index in [1.807, 2.05) is 0 Å². The molecule has 1 aromatic carbocycles. The molecular weight excluding hydrogens is 238 g/mol. The van der Waals surface area contributed by atoms with Gasteiger partial charge in [-0.3, -0.25) is 5.41 Å². The van der Waals surface area contributed by atoms with Gasteiger partial charge >= 0.3 is 0 Å². The van der Waals surface area contributed by atoms with Crippen LogP contribution in [0.5, 0.6) is 0 Å². The van der Waals surface area contributed by atoms with Crippen LogP contribution in [-0.2, 0) is 0 Å². The fourth-order valence-electron chi connectivity index (χ4n) is 1.78. The number of amidine groups is 1. The second kappa shape index (κ2) is 4.21. The standard InChI is InChI=1S/C12H12F2N4/c1-6-3-7(2)18(17-6)11-9(13)4-8(12(15)16)5-10(11)14/h3-5H,1-2H3,(H3,15,16). The van der Waals surface area contributed by atoms with Crippen molar-refractivity contribution in [2.45, 2.75) is 13.8 Å². The summed E-state index contributed by atoms with van der Waals surface area (Å²) in [5.41, 5.74) is 6.25. The van der Waals surface area contributed by atoms with E-state index >= 15 is 0 Å².